The van der Waals surface area contributed by atoms with Gasteiger partial charge in [0.25, 0.3) is 0 Å². The molecule has 1 fully saturated rings. The molecule has 5 nitrogen and oxygen atoms in total. The Balaban J connectivity index is 1.70. The van der Waals surface area contributed by atoms with Gasteiger partial charge in [0.1, 0.15) is 5.82 Å². The number of nitrogens with zero attached hydrogens (tertiary/aromatic N) is 3. The first-order chi connectivity index (χ1) is 9.22. The van der Waals surface area contributed by atoms with Crippen LogP contribution in [0.4, 0.5) is 4.39 Å². The fraction of sp³-hybridized carbons (Fsp3) is 0.385. The maximum Gasteiger partial charge on any atom is 0.241 e. The highest BCUT2D eigenvalue weighted by atomic mass is 19.1. The molecular formula is C13H15FN4O. The smallest absolute Gasteiger partial charge is 0.241 e. The molecule has 1 aliphatic heterocycles. The van der Waals surface area contributed by atoms with Crippen molar-refractivity contribution >= 4 is 0 Å². The molecule has 0 radical (unpaired) electrons. The molecule has 0 saturated carbocycles. The molecule has 2 aromatic rings. The molecule has 2 heterocycles. The van der Waals surface area contributed by atoms with Gasteiger partial charge in [-0.2, -0.15) is 4.98 Å². The highest BCUT2D eigenvalue weighted by Gasteiger charge is 2.23. The van der Waals surface area contributed by atoms with Crippen LogP contribution in [0.25, 0.3) is 11.4 Å². The lowest BCUT2D eigenvalue weighted by Gasteiger charge is -2.34. The van der Waals surface area contributed by atoms with Gasteiger partial charge < -0.3 is 9.84 Å². The van der Waals surface area contributed by atoms with E-state index >= 15 is 0 Å². The average molecular weight is 262 g/mol. The third-order valence-corrected chi connectivity index (χ3v) is 3.34. The highest BCUT2D eigenvalue weighted by molar-refractivity contribution is 5.53. The van der Waals surface area contributed by atoms with Crippen molar-refractivity contribution in [3.05, 3.63) is 36.0 Å². The van der Waals surface area contributed by atoms with E-state index in [0.29, 0.717) is 24.3 Å². The normalized spacial score (nSPS) is 15.7. The number of hydrogen-bond acceptors (Lipinski definition) is 5. The van der Waals surface area contributed by atoms with E-state index in [9.17, 15) is 4.39 Å². The van der Waals surface area contributed by atoms with Crippen LogP contribution in [0, 0.1) is 5.82 Å². The van der Waals surface area contributed by atoms with E-state index in [1.165, 1.54) is 12.1 Å². The predicted molar refractivity (Wildman–Crippen MR) is 67.8 cm³/mol. The number of rotatable bonds is 4. The molecule has 1 saturated heterocycles. The van der Waals surface area contributed by atoms with E-state index in [-0.39, 0.29) is 5.82 Å². The second-order valence-corrected chi connectivity index (χ2v) is 4.75. The zero-order valence-corrected chi connectivity index (χ0v) is 10.6. The van der Waals surface area contributed by atoms with E-state index in [2.05, 4.69) is 20.4 Å². The Kier molecular flexibility index (Phi) is 3.27. The SMILES string of the molecule is CN(Cc1nc(-c2ccc(F)cc2)no1)C1CNC1. The predicted octanol–water partition coefficient (Wildman–Crippen LogP) is 1.28. The van der Waals surface area contributed by atoms with E-state index < -0.39 is 0 Å². The summed E-state index contributed by atoms with van der Waals surface area (Å²) in [5.74, 6) is 0.800. The molecule has 0 aliphatic carbocycles. The van der Waals surface area contributed by atoms with Gasteiger partial charge in [-0.15, -0.1) is 0 Å². The van der Waals surface area contributed by atoms with Crippen LogP contribution in [0.3, 0.4) is 0 Å². The zero-order chi connectivity index (χ0) is 13.2. The number of likely N-dealkylation sites (N-methyl/N-ethyl adjacent to an activating group) is 1. The molecule has 1 aromatic carbocycles. The van der Waals surface area contributed by atoms with Crippen LogP contribution in [0.5, 0.6) is 0 Å². The summed E-state index contributed by atoms with van der Waals surface area (Å²) < 4.78 is 18.1. The van der Waals surface area contributed by atoms with Gasteiger partial charge in [-0.3, -0.25) is 4.90 Å². The number of halogens is 1. The number of aromatic nitrogens is 2. The fourth-order valence-electron chi connectivity index (χ4n) is 1.96. The van der Waals surface area contributed by atoms with E-state index in [1.807, 2.05) is 7.05 Å². The van der Waals surface area contributed by atoms with E-state index in [4.69, 9.17) is 4.52 Å². The van der Waals surface area contributed by atoms with Gasteiger partial charge >= 0.3 is 0 Å². The van der Waals surface area contributed by atoms with Crippen LogP contribution in [0.2, 0.25) is 0 Å². The van der Waals surface area contributed by atoms with Gasteiger partial charge in [-0.1, -0.05) is 5.16 Å². The third-order valence-electron chi connectivity index (χ3n) is 3.34. The Labute approximate surface area is 110 Å². The minimum atomic E-state index is -0.273. The van der Waals surface area contributed by atoms with Crippen LogP contribution >= 0.6 is 0 Å². The first-order valence-corrected chi connectivity index (χ1v) is 6.22. The summed E-state index contributed by atoms with van der Waals surface area (Å²) in [5.41, 5.74) is 0.754. The molecule has 0 bridgehead atoms. The average Bonchev–Trinajstić information content (AvgIpc) is 2.76. The van der Waals surface area contributed by atoms with Crippen molar-refractivity contribution in [1.29, 1.82) is 0 Å². The van der Waals surface area contributed by atoms with Gasteiger partial charge in [0, 0.05) is 24.7 Å². The topological polar surface area (TPSA) is 54.2 Å². The lowest BCUT2D eigenvalue weighted by atomic mass is 10.1. The van der Waals surface area contributed by atoms with Crippen LogP contribution in [-0.2, 0) is 6.54 Å². The van der Waals surface area contributed by atoms with Gasteiger partial charge in [0.2, 0.25) is 11.7 Å². The number of hydrogen-bond donors (Lipinski definition) is 1. The van der Waals surface area contributed by atoms with Crippen molar-refractivity contribution < 1.29 is 8.91 Å². The Bertz CT molecular complexity index is 550. The van der Waals surface area contributed by atoms with Crippen LogP contribution in [-0.4, -0.2) is 41.2 Å². The maximum atomic E-state index is 12.8. The summed E-state index contributed by atoms with van der Waals surface area (Å²) in [5, 5.41) is 7.14. The molecule has 100 valence electrons. The van der Waals surface area contributed by atoms with Crippen molar-refractivity contribution in [3.63, 3.8) is 0 Å². The molecule has 1 aliphatic rings. The van der Waals surface area contributed by atoms with Crippen molar-refractivity contribution in [3.8, 4) is 11.4 Å². The first-order valence-electron chi connectivity index (χ1n) is 6.22. The summed E-state index contributed by atoms with van der Waals surface area (Å²) in [6.45, 7) is 2.62. The summed E-state index contributed by atoms with van der Waals surface area (Å²) >= 11 is 0. The van der Waals surface area contributed by atoms with Gasteiger partial charge in [-0.25, -0.2) is 4.39 Å². The molecule has 19 heavy (non-hydrogen) atoms. The van der Waals surface area contributed by atoms with Crippen LogP contribution in [0.1, 0.15) is 5.89 Å². The Morgan fingerprint density at radius 2 is 2.11 bits per heavy atom. The van der Waals surface area contributed by atoms with E-state index in [1.54, 1.807) is 12.1 Å². The molecule has 3 rings (SSSR count). The lowest BCUT2D eigenvalue weighted by molar-refractivity contribution is 0.155. The summed E-state index contributed by atoms with van der Waals surface area (Å²) in [7, 11) is 2.03. The zero-order valence-electron chi connectivity index (χ0n) is 10.6. The summed E-state index contributed by atoms with van der Waals surface area (Å²) in [6, 6.07) is 6.59. The molecule has 1 N–H and O–H groups in total. The molecule has 1 aromatic heterocycles. The van der Waals surface area contributed by atoms with Crippen molar-refractivity contribution in [2.24, 2.45) is 0 Å². The van der Waals surface area contributed by atoms with Crippen molar-refractivity contribution in [2.75, 3.05) is 20.1 Å². The monoisotopic (exact) mass is 262 g/mol. The largest absolute Gasteiger partial charge is 0.338 e. The molecule has 6 heteroatoms. The highest BCUT2D eigenvalue weighted by Crippen LogP contribution is 2.17. The molecule has 0 spiro atoms. The fourth-order valence-corrected chi connectivity index (χ4v) is 1.96. The third kappa shape index (κ3) is 2.64. The first kappa shape index (κ1) is 12.3. The molecular weight excluding hydrogens is 247 g/mol. The Morgan fingerprint density at radius 1 is 1.37 bits per heavy atom. The second-order valence-electron chi connectivity index (χ2n) is 4.75. The van der Waals surface area contributed by atoms with Crippen LogP contribution in [0.15, 0.2) is 28.8 Å². The Hall–Kier alpha value is -1.79. The van der Waals surface area contributed by atoms with Gasteiger partial charge in [-0.05, 0) is 31.3 Å². The second kappa shape index (κ2) is 5.07. The summed E-state index contributed by atoms with van der Waals surface area (Å²) in [6.07, 6.45) is 0. The maximum absolute atomic E-state index is 12.8. The quantitative estimate of drug-likeness (QED) is 0.899. The van der Waals surface area contributed by atoms with Gasteiger partial charge in [0.05, 0.1) is 6.54 Å². The minimum absolute atomic E-state index is 0.273. The van der Waals surface area contributed by atoms with Crippen molar-refractivity contribution in [2.45, 2.75) is 12.6 Å². The van der Waals surface area contributed by atoms with Gasteiger partial charge in [0.15, 0.2) is 0 Å². The number of nitrogens with one attached hydrogen (secondary N) is 1. The molecule has 0 atom stereocenters. The van der Waals surface area contributed by atoms with Crippen molar-refractivity contribution in [1.82, 2.24) is 20.4 Å². The lowest BCUT2D eigenvalue weighted by Crippen LogP contribution is -2.55. The molecule has 0 amide bonds. The van der Waals surface area contributed by atoms with Crippen LogP contribution < -0.4 is 5.32 Å². The molecule has 0 unspecified atom stereocenters. The standard InChI is InChI=1S/C13H15FN4O/c1-18(11-6-15-7-11)8-12-16-13(17-19-12)9-2-4-10(14)5-3-9/h2-5,11,15H,6-8H2,1H3. The van der Waals surface area contributed by atoms with E-state index in [0.717, 1.165) is 18.7 Å². The minimum Gasteiger partial charge on any atom is -0.338 e. The Morgan fingerprint density at radius 3 is 2.74 bits per heavy atom. The summed E-state index contributed by atoms with van der Waals surface area (Å²) in [4.78, 5) is 6.51. The number of benzene rings is 1.